The average molecular weight is 132 g/mol. The SMILES string of the molecule is CN(C)CCOC(=O)[O-]. The molecule has 0 N–H and O–H groups in total. The molecule has 0 atom stereocenters. The Balaban J connectivity index is 3.01. The smallest absolute Gasteiger partial charge is 0.252 e. The van der Waals surface area contributed by atoms with Crippen molar-refractivity contribution in [1.82, 2.24) is 4.90 Å². The van der Waals surface area contributed by atoms with E-state index in [0.29, 0.717) is 6.54 Å². The van der Waals surface area contributed by atoms with Crippen LogP contribution in [0.15, 0.2) is 0 Å². The minimum absolute atomic E-state index is 0.176. The van der Waals surface area contributed by atoms with Crippen molar-refractivity contribution in [2.75, 3.05) is 27.2 Å². The van der Waals surface area contributed by atoms with Crippen molar-refractivity contribution in [3.05, 3.63) is 0 Å². The van der Waals surface area contributed by atoms with Gasteiger partial charge in [0, 0.05) is 13.2 Å². The molecule has 0 spiro atoms. The summed E-state index contributed by atoms with van der Waals surface area (Å²) in [5, 5.41) is 9.63. The number of hydrogen-bond acceptors (Lipinski definition) is 4. The Labute approximate surface area is 54.0 Å². The normalized spacial score (nSPS) is 9.67. The third-order valence-electron chi connectivity index (χ3n) is 0.758. The molecule has 0 aliphatic rings. The number of carbonyl (C=O) groups is 1. The number of carboxylic acid groups (broad SMARTS) is 1. The van der Waals surface area contributed by atoms with E-state index in [1.165, 1.54) is 0 Å². The highest BCUT2D eigenvalue weighted by atomic mass is 16.7. The summed E-state index contributed by atoms with van der Waals surface area (Å²) < 4.78 is 4.12. The van der Waals surface area contributed by atoms with E-state index in [0.717, 1.165) is 0 Å². The van der Waals surface area contributed by atoms with Crippen LogP contribution in [0.5, 0.6) is 0 Å². The van der Waals surface area contributed by atoms with Crippen molar-refractivity contribution in [3.63, 3.8) is 0 Å². The fraction of sp³-hybridized carbons (Fsp3) is 0.800. The molecule has 0 saturated carbocycles. The molecule has 0 unspecified atom stereocenters. The van der Waals surface area contributed by atoms with Gasteiger partial charge in [-0.1, -0.05) is 0 Å². The lowest BCUT2D eigenvalue weighted by Crippen LogP contribution is -2.27. The van der Waals surface area contributed by atoms with Crippen molar-refractivity contribution in [2.45, 2.75) is 0 Å². The standard InChI is InChI=1S/C5H11NO3/c1-6(2)3-4-9-5(7)8/h3-4H2,1-2H3,(H,7,8)/p-1. The molecule has 4 nitrogen and oxygen atoms in total. The van der Waals surface area contributed by atoms with Crippen molar-refractivity contribution >= 4 is 6.16 Å². The van der Waals surface area contributed by atoms with Gasteiger partial charge in [0.05, 0.1) is 0 Å². The predicted molar refractivity (Wildman–Crippen MR) is 29.9 cm³/mol. The molecule has 0 aliphatic heterocycles. The number of nitrogens with zero attached hydrogens (tertiary/aromatic N) is 1. The first-order chi connectivity index (χ1) is 4.13. The van der Waals surface area contributed by atoms with Crippen LogP contribution in [0.4, 0.5) is 4.79 Å². The lowest BCUT2D eigenvalue weighted by molar-refractivity contribution is -0.282. The van der Waals surface area contributed by atoms with Gasteiger partial charge in [0.25, 0.3) is 6.16 Å². The molecule has 0 amide bonds. The Kier molecular flexibility index (Phi) is 3.79. The molecular formula is C5H10NO3-. The molecule has 0 rings (SSSR count). The molecule has 0 bridgehead atoms. The second kappa shape index (κ2) is 4.14. The van der Waals surface area contributed by atoms with E-state index in [-0.39, 0.29) is 6.61 Å². The Morgan fingerprint density at radius 1 is 1.67 bits per heavy atom. The zero-order valence-electron chi connectivity index (χ0n) is 5.59. The first-order valence-electron chi connectivity index (χ1n) is 2.61. The fourth-order valence-electron chi connectivity index (χ4n) is 0.312. The number of rotatable bonds is 3. The van der Waals surface area contributed by atoms with E-state index < -0.39 is 6.16 Å². The van der Waals surface area contributed by atoms with E-state index in [9.17, 15) is 9.90 Å². The zero-order valence-corrected chi connectivity index (χ0v) is 5.59. The summed E-state index contributed by atoms with van der Waals surface area (Å²) in [5.41, 5.74) is 0. The van der Waals surface area contributed by atoms with Crippen LogP contribution in [0.1, 0.15) is 0 Å². The van der Waals surface area contributed by atoms with Crippen molar-refractivity contribution in [1.29, 1.82) is 0 Å². The van der Waals surface area contributed by atoms with Gasteiger partial charge in [0.2, 0.25) is 0 Å². The number of carbonyl (C=O) groups excluding carboxylic acids is 1. The molecule has 0 fully saturated rings. The number of hydrogen-bond donors (Lipinski definition) is 0. The highest BCUT2D eigenvalue weighted by Gasteiger charge is 1.86. The van der Waals surface area contributed by atoms with Gasteiger partial charge in [-0.05, 0) is 14.1 Å². The van der Waals surface area contributed by atoms with Crippen LogP contribution in [-0.2, 0) is 4.74 Å². The van der Waals surface area contributed by atoms with Crippen molar-refractivity contribution in [2.24, 2.45) is 0 Å². The van der Waals surface area contributed by atoms with Crippen LogP contribution < -0.4 is 5.11 Å². The summed E-state index contributed by atoms with van der Waals surface area (Å²) in [6.45, 7) is 0.767. The quantitative estimate of drug-likeness (QED) is 0.458. The Morgan fingerprint density at radius 2 is 2.22 bits per heavy atom. The lowest BCUT2D eigenvalue weighted by Gasteiger charge is -2.11. The maximum Gasteiger partial charge on any atom is 0.252 e. The lowest BCUT2D eigenvalue weighted by atomic mass is 10.6. The number of likely N-dealkylation sites (N-methyl/N-ethyl adjacent to an activating group) is 1. The average Bonchev–Trinajstić information content (AvgIpc) is 1.63. The maximum absolute atomic E-state index is 9.63. The molecule has 0 aromatic carbocycles. The summed E-state index contributed by atoms with van der Waals surface area (Å²) in [7, 11) is 3.66. The topological polar surface area (TPSA) is 52.6 Å². The van der Waals surface area contributed by atoms with E-state index in [2.05, 4.69) is 4.74 Å². The van der Waals surface area contributed by atoms with Gasteiger partial charge >= 0.3 is 0 Å². The molecule has 54 valence electrons. The third kappa shape index (κ3) is 7.23. The summed E-state index contributed by atoms with van der Waals surface area (Å²) in [5.74, 6) is 0. The van der Waals surface area contributed by atoms with Crippen LogP contribution in [0.25, 0.3) is 0 Å². The molecule has 4 heteroatoms. The molecule has 0 radical (unpaired) electrons. The van der Waals surface area contributed by atoms with Gasteiger partial charge in [0.1, 0.15) is 0 Å². The van der Waals surface area contributed by atoms with Crippen molar-refractivity contribution in [3.8, 4) is 0 Å². The molecule has 0 heterocycles. The Hall–Kier alpha value is -0.770. The summed E-state index contributed by atoms with van der Waals surface area (Å²) in [4.78, 5) is 11.5. The van der Waals surface area contributed by atoms with Gasteiger partial charge in [0.15, 0.2) is 0 Å². The van der Waals surface area contributed by atoms with Crippen LogP contribution in [0.3, 0.4) is 0 Å². The molecule has 9 heavy (non-hydrogen) atoms. The largest absolute Gasteiger partial charge is 0.548 e. The highest BCUT2D eigenvalue weighted by molar-refractivity contribution is 5.53. The Morgan fingerprint density at radius 3 is 2.56 bits per heavy atom. The van der Waals surface area contributed by atoms with Crippen LogP contribution in [0.2, 0.25) is 0 Å². The van der Waals surface area contributed by atoms with Crippen LogP contribution >= 0.6 is 0 Å². The maximum atomic E-state index is 9.63. The summed E-state index contributed by atoms with van der Waals surface area (Å²) in [6.07, 6.45) is -1.46. The summed E-state index contributed by atoms with van der Waals surface area (Å²) in [6, 6.07) is 0. The Bertz CT molecular complexity index is 92.2. The van der Waals surface area contributed by atoms with Crippen LogP contribution in [-0.4, -0.2) is 38.3 Å². The second-order valence-corrected chi connectivity index (χ2v) is 1.90. The highest BCUT2D eigenvalue weighted by Crippen LogP contribution is 1.75. The second-order valence-electron chi connectivity index (χ2n) is 1.90. The molecular weight excluding hydrogens is 122 g/mol. The van der Waals surface area contributed by atoms with Gasteiger partial charge in [-0.2, -0.15) is 0 Å². The van der Waals surface area contributed by atoms with E-state index in [1.54, 1.807) is 0 Å². The van der Waals surface area contributed by atoms with E-state index in [4.69, 9.17) is 0 Å². The van der Waals surface area contributed by atoms with Gasteiger partial charge in [-0.3, -0.25) is 0 Å². The molecule has 0 aromatic heterocycles. The summed E-state index contributed by atoms with van der Waals surface area (Å²) >= 11 is 0. The zero-order chi connectivity index (χ0) is 7.28. The first kappa shape index (κ1) is 8.23. The van der Waals surface area contributed by atoms with E-state index in [1.807, 2.05) is 19.0 Å². The number of ether oxygens (including phenoxy) is 1. The van der Waals surface area contributed by atoms with Gasteiger partial charge in [-0.15, -0.1) is 0 Å². The van der Waals surface area contributed by atoms with Crippen molar-refractivity contribution < 1.29 is 14.6 Å². The fourth-order valence-corrected chi connectivity index (χ4v) is 0.312. The predicted octanol–water partition coefficient (Wildman–Crippen LogP) is -1.09. The molecule has 0 aromatic rings. The van der Waals surface area contributed by atoms with Gasteiger partial charge < -0.3 is 19.5 Å². The minimum Gasteiger partial charge on any atom is -0.548 e. The minimum atomic E-state index is -1.46. The van der Waals surface area contributed by atoms with Crippen LogP contribution in [0, 0.1) is 0 Å². The molecule has 0 aliphatic carbocycles. The van der Waals surface area contributed by atoms with E-state index >= 15 is 0 Å². The third-order valence-corrected chi connectivity index (χ3v) is 0.758. The monoisotopic (exact) mass is 132 g/mol. The first-order valence-corrected chi connectivity index (χ1v) is 2.61. The molecule has 0 saturated heterocycles. The van der Waals surface area contributed by atoms with Gasteiger partial charge in [-0.25, -0.2) is 0 Å².